The molecule has 1 fully saturated rings. The number of nitrogens with zero attached hydrogens (tertiary/aromatic N) is 2. The van der Waals surface area contributed by atoms with Gasteiger partial charge in [-0.1, -0.05) is 6.07 Å². The quantitative estimate of drug-likeness (QED) is 0.773. The first kappa shape index (κ1) is 12.7. The minimum atomic E-state index is 0.332. The molecule has 17 heavy (non-hydrogen) atoms. The average molecular weight is 255 g/mol. The van der Waals surface area contributed by atoms with Gasteiger partial charge in [-0.3, -0.25) is 0 Å². The molecule has 0 radical (unpaired) electrons. The number of hydrogen-bond donors (Lipinski definition) is 0. The van der Waals surface area contributed by atoms with Crippen LogP contribution in [0.25, 0.3) is 0 Å². The minimum Gasteiger partial charge on any atom is -0.377 e. The molecule has 0 saturated carbocycles. The van der Waals surface area contributed by atoms with Crippen molar-refractivity contribution in [2.45, 2.75) is 31.7 Å². The van der Waals surface area contributed by atoms with Crippen molar-refractivity contribution >= 4 is 17.4 Å². The topological polar surface area (TPSA) is 25.4 Å². The average Bonchev–Trinajstić information content (AvgIpc) is 2.39. The molecule has 0 N–H and O–H groups in total. The van der Waals surface area contributed by atoms with E-state index in [1.807, 2.05) is 25.3 Å². The van der Waals surface area contributed by atoms with Crippen molar-refractivity contribution in [1.82, 2.24) is 4.98 Å². The van der Waals surface area contributed by atoms with Gasteiger partial charge in [0.1, 0.15) is 5.82 Å². The first-order valence-electron chi connectivity index (χ1n) is 6.21. The van der Waals surface area contributed by atoms with E-state index in [1.165, 1.54) is 0 Å². The SMILES string of the molecule is CCOC1CCCN(c2ncccc2CCl)C1. The lowest BCUT2D eigenvalue weighted by atomic mass is 10.1. The van der Waals surface area contributed by atoms with Crippen molar-refractivity contribution in [2.24, 2.45) is 0 Å². The van der Waals surface area contributed by atoms with Crippen molar-refractivity contribution in [3.63, 3.8) is 0 Å². The highest BCUT2D eigenvalue weighted by Gasteiger charge is 2.22. The van der Waals surface area contributed by atoms with Crippen molar-refractivity contribution < 1.29 is 4.74 Å². The molecule has 1 unspecified atom stereocenters. The number of ether oxygens (including phenoxy) is 1. The van der Waals surface area contributed by atoms with Gasteiger partial charge in [0, 0.05) is 31.5 Å². The highest BCUT2D eigenvalue weighted by atomic mass is 35.5. The van der Waals surface area contributed by atoms with Gasteiger partial charge in [-0.25, -0.2) is 4.98 Å². The summed E-state index contributed by atoms with van der Waals surface area (Å²) in [6.45, 7) is 4.80. The third-order valence-electron chi connectivity index (χ3n) is 3.09. The third-order valence-corrected chi connectivity index (χ3v) is 3.38. The Bertz CT molecular complexity index is 357. The zero-order valence-corrected chi connectivity index (χ0v) is 11.0. The normalized spacial score (nSPS) is 20.6. The Balaban J connectivity index is 2.10. The second-order valence-corrected chi connectivity index (χ2v) is 4.55. The summed E-state index contributed by atoms with van der Waals surface area (Å²) >= 11 is 5.95. The second-order valence-electron chi connectivity index (χ2n) is 4.29. The summed E-state index contributed by atoms with van der Waals surface area (Å²) < 4.78 is 5.71. The molecule has 1 atom stereocenters. The molecule has 1 aromatic rings. The van der Waals surface area contributed by atoms with Crippen molar-refractivity contribution in [3.8, 4) is 0 Å². The van der Waals surface area contributed by atoms with Crippen LogP contribution in [0.5, 0.6) is 0 Å². The smallest absolute Gasteiger partial charge is 0.133 e. The fourth-order valence-corrected chi connectivity index (χ4v) is 2.53. The summed E-state index contributed by atoms with van der Waals surface area (Å²) in [6, 6.07) is 3.98. The van der Waals surface area contributed by atoms with Crippen LogP contribution in [0.4, 0.5) is 5.82 Å². The van der Waals surface area contributed by atoms with Gasteiger partial charge in [0.05, 0.1) is 12.0 Å². The highest BCUT2D eigenvalue weighted by Crippen LogP contribution is 2.23. The van der Waals surface area contributed by atoms with Crippen LogP contribution in [-0.2, 0) is 10.6 Å². The number of aromatic nitrogens is 1. The lowest BCUT2D eigenvalue weighted by Crippen LogP contribution is -2.40. The van der Waals surface area contributed by atoms with Crippen LogP contribution in [0, 0.1) is 0 Å². The predicted molar refractivity (Wildman–Crippen MR) is 70.7 cm³/mol. The molecule has 0 bridgehead atoms. The fourth-order valence-electron chi connectivity index (χ4n) is 2.32. The van der Waals surface area contributed by atoms with Crippen molar-refractivity contribution in [3.05, 3.63) is 23.9 Å². The van der Waals surface area contributed by atoms with Crippen LogP contribution in [-0.4, -0.2) is 30.8 Å². The van der Waals surface area contributed by atoms with Gasteiger partial charge in [0.2, 0.25) is 0 Å². The highest BCUT2D eigenvalue weighted by molar-refractivity contribution is 6.17. The first-order valence-corrected chi connectivity index (χ1v) is 6.75. The molecule has 1 aliphatic rings. The summed E-state index contributed by atoms with van der Waals surface area (Å²) in [4.78, 5) is 6.75. The lowest BCUT2D eigenvalue weighted by molar-refractivity contribution is 0.0525. The van der Waals surface area contributed by atoms with Crippen LogP contribution in [0.1, 0.15) is 25.3 Å². The Morgan fingerprint density at radius 3 is 3.24 bits per heavy atom. The molecule has 4 heteroatoms. The van der Waals surface area contributed by atoms with Crippen LogP contribution in [0.2, 0.25) is 0 Å². The zero-order valence-electron chi connectivity index (χ0n) is 10.2. The maximum Gasteiger partial charge on any atom is 0.133 e. The molecular formula is C13H19ClN2O. The monoisotopic (exact) mass is 254 g/mol. The van der Waals surface area contributed by atoms with Crippen LogP contribution in [0.3, 0.4) is 0 Å². The van der Waals surface area contributed by atoms with E-state index in [2.05, 4.69) is 9.88 Å². The number of pyridine rings is 1. The molecule has 0 aliphatic carbocycles. The molecule has 0 spiro atoms. The van der Waals surface area contributed by atoms with Gasteiger partial charge >= 0.3 is 0 Å². The van der Waals surface area contributed by atoms with E-state index in [1.54, 1.807) is 0 Å². The van der Waals surface area contributed by atoms with Gasteiger partial charge in [0.15, 0.2) is 0 Å². The number of piperidine rings is 1. The van der Waals surface area contributed by atoms with Gasteiger partial charge in [-0.15, -0.1) is 11.6 Å². The fraction of sp³-hybridized carbons (Fsp3) is 0.615. The van der Waals surface area contributed by atoms with E-state index in [4.69, 9.17) is 16.3 Å². The summed E-state index contributed by atoms with van der Waals surface area (Å²) in [5.41, 5.74) is 1.10. The number of anilines is 1. The van der Waals surface area contributed by atoms with Crippen LogP contribution < -0.4 is 4.90 Å². The Morgan fingerprint density at radius 2 is 2.47 bits per heavy atom. The molecule has 3 nitrogen and oxygen atoms in total. The third kappa shape index (κ3) is 3.11. The summed E-state index contributed by atoms with van der Waals surface area (Å²) in [6.07, 6.45) is 4.46. The maximum atomic E-state index is 5.95. The standard InChI is InChI=1S/C13H19ClN2O/c1-2-17-12-6-4-8-16(10-12)13-11(9-14)5-3-7-15-13/h3,5,7,12H,2,4,6,8-10H2,1H3. The molecule has 0 aromatic carbocycles. The Labute approximate surface area is 108 Å². The number of rotatable bonds is 4. The maximum absolute atomic E-state index is 5.95. The molecule has 2 rings (SSSR count). The lowest BCUT2D eigenvalue weighted by Gasteiger charge is -2.34. The largest absolute Gasteiger partial charge is 0.377 e. The predicted octanol–water partition coefficient (Wildman–Crippen LogP) is 2.83. The number of alkyl halides is 1. The summed E-state index contributed by atoms with van der Waals surface area (Å²) in [7, 11) is 0. The summed E-state index contributed by atoms with van der Waals surface area (Å²) in [5.74, 6) is 1.53. The molecular weight excluding hydrogens is 236 g/mol. The van der Waals surface area contributed by atoms with Gasteiger partial charge in [-0.05, 0) is 25.8 Å². The molecule has 0 amide bonds. The van der Waals surface area contributed by atoms with E-state index in [0.717, 1.165) is 43.9 Å². The van der Waals surface area contributed by atoms with E-state index in [9.17, 15) is 0 Å². The van der Waals surface area contributed by atoms with Gasteiger partial charge < -0.3 is 9.64 Å². The molecule has 1 aliphatic heterocycles. The van der Waals surface area contributed by atoms with Crippen LogP contribution >= 0.6 is 11.6 Å². The van der Waals surface area contributed by atoms with E-state index >= 15 is 0 Å². The Morgan fingerprint density at radius 1 is 1.59 bits per heavy atom. The van der Waals surface area contributed by atoms with E-state index < -0.39 is 0 Å². The Kier molecular flexibility index (Phi) is 4.63. The minimum absolute atomic E-state index is 0.332. The first-order chi connectivity index (χ1) is 8.35. The zero-order chi connectivity index (χ0) is 12.1. The van der Waals surface area contributed by atoms with Crippen LogP contribution in [0.15, 0.2) is 18.3 Å². The number of hydrogen-bond acceptors (Lipinski definition) is 3. The van der Waals surface area contributed by atoms with Gasteiger partial charge in [0.25, 0.3) is 0 Å². The number of halogens is 1. The second kappa shape index (κ2) is 6.22. The summed E-state index contributed by atoms with van der Waals surface area (Å²) in [5, 5.41) is 0. The molecule has 1 saturated heterocycles. The van der Waals surface area contributed by atoms with E-state index in [-0.39, 0.29) is 0 Å². The molecule has 94 valence electrons. The van der Waals surface area contributed by atoms with Gasteiger partial charge in [-0.2, -0.15) is 0 Å². The molecule has 1 aromatic heterocycles. The molecule has 2 heterocycles. The van der Waals surface area contributed by atoms with Crippen molar-refractivity contribution in [1.29, 1.82) is 0 Å². The van der Waals surface area contributed by atoms with E-state index in [0.29, 0.717) is 12.0 Å². The van der Waals surface area contributed by atoms with Crippen molar-refractivity contribution in [2.75, 3.05) is 24.6 Å². The Hall–Kier alpha value is -0.800.